The number of para-hydroxylation sites is 1. The smallest absolute Gasteiger partial charge is 0.357 e. The van der Waals surface area contributed by atoms with Crippen LogP contribution >= 0.6 is 0 Å². The Morgan fingerprint density at radius 3 is 2.85 bits per heavy atom. The first-order valence-corrected chi connectivity index (χ1v) is 5.96. The first-order valence-electron chi connectivity index (χ1n) is 5.96. The van der Waals surface area contributed by atoms with Crippen LogP contribution in [0.4, 0.5) is 11.7 Å². The van der Waals surface area contributed by atoms with E-state index >= 15 is 0 Å². The molecule has 6 nitrogen and oxygen atoms in total. The van der Waals surface area contributed by atoms with Crippen molar-refractivity contribution in [2.24, 2.45) is 0 Å². The molecule has 2 N–H and O–H groups in total. The molecule has 0 aliphatic rings. The van der Waals surface area contributed by atoms with E-state index < -0.39 is 5.97 Å². The highest BCUT2D eigenvalue weighted by Gasteiger charge is 2.11. The lowest BCUT2D eigenvalue weighted by atomic mass is 10.1. The molecule has 0 saturated carbocycles. The number of carbonyl (C=O) groups is 1. The van der Waals surface area contributed by atoms with Gasteiger partial charge >= 0.3 is 5.97 Å². The van der Waals surface area contributed by atoms with Gasteiger partial charge in [0.1, 0.15) is 6.26 Å². The highest BCUT2D eigenvalue weighted by atomic mass is 16.4. The van der Waals surface area contributed by atoms with E-state index in [0.29, 0.717) is 0 Å². The van der Waals surface area contributed by atoms with Crippen molar-refractivity contribution in [3.05, 3.63) is 48.0 Å². The van der Waals surface area contributed by atoms with E-state index in [1.165, 1.54) is 0 Å². The van der Waals surface area contributed by atoms with Crippen molar-refractivity contribution in [1.29, 1.82) is 0 Å². The van der Waals surface area contributed by atoms with Gasteiger partial charge in [0.05, 0.1) is 11.2 Å². The number of aromatic nitrogens is 2. The number of fused-ring (bicyclic) bond motifs is 1. The van der Waals surface area contributed by atoms with Crippen LogP contribution in [0.1, 0.15) is 16.2 Å². The lowest BCUT2D eigenvalue weighted by Gasteiger charge is -2.07. The minimum atomic E-state index is -1.13. The molecule has 0 saturated heterocycles. The van der Waals surface area contributed by atoms with E-state index in [0.717, 1.165) is 28.5 Å². The molecule has 0 radical (unpaired) electrons. The van der Waals surface area contributed by atoms with Crippen LogP contribution in [-0.2, 0) is 0 Å². The van der Waals surface area contributed by atoms with E-state index in [-0.39, 0.29) is 11.7 Å². The molecule has 3 aromatic rings. The van der Waals surface area contributed by atoms with Crippen LogP contribution in [-0.4, -0.2) is 21.0 Å². The van der Waals surface area contributed by atoms with E-state index in [2.05, 4.69) is 15.3 Å². The number of carboxylic acid groups (broad SMARTS) is 1. The lowest BCUT2D eigenvalue weighted by Crippen LogP contribution is -1.98. The molecule has 0 spiro atoms. The number of oxazole rings is 1. The van der Waals surface area contributed by atoms with Crippen LogP contribution in [0.25, 0.3) is 10.9 Å². The van der Waals surface area contributed by atoms with Crippen molar-refractivity contribution in [3.63, 3.8) is 0 Å². The predicted octanol–water partition coefficient (Wildman–Crippen LogP) is 2.97. The maximum absolute atomic E-state index is 10.8. The molecule has 0 amide bonds. The van der Waals surface area contributed by atoms with Gasteiger partial charge in [-0.2, -0.15) is 4.98 Å². The number of benzene rings is 1. The SMILES string of the molecule is Cc1cc(Nc2nc(C(=O)O)co2)c2ccccc2n1. The minimum Gasteiger partial charge on any atom is -0.476 e. The van der Waals surface area contributed by atoms with Crippen LogP contribution in [0.2, 0.25) is 0 Å². The Morgan fingerprint density at radius 1 is 1.30 bits per heavy atom. The van der Waals surface area contributed by atoms with Crippen LogP contribution in [0, 0.1) is 6.92 Å². The number of aromatic carboxylic acids is 1. The monoisotopic (exact) mass is 269 g/mol. The molecule has 0 aliphatic carbocycles. The van der Waals surface area contributed by atoms with Gasteiger partial charge in [-0.3, -0.25) is 4.98 Å². The fraction of sp³-hybridized carbons (Fsp3) is 0.0714. The number of nitrogens with one attached hydrogen (secondary N) is 1. The predicted molar refractivity (Wildman–Crippen MR) is 73.2 cm³/mol. The van der Waals surface area contributed by atoms with Crippen molar-refractivity contribution < 1.29 is 14.3 Å². The molecular weight excluding hydrogens is 258 g/mol. The molecule has 2 heterocycles. The molecule has 1 aromatic carbocycles. The second-order valence-corrected chi connectivity index (χ2v) is 4.30. The lowest BCUT2D eigenvalue weighted by molar-refractivity contribution is 0.0690. The Morgan fingerprint density at radius 2 is 2.10 bits per heavy atom. The zero-order valence-electron chi connectivity index (χ0n) is 10.6. The van der Waals surface area contributed by atoms with Gasteiger partial charge in [0, 0.05) is 11.1 Å². The average Bonchev–Trinajstić information content (AvgIpc) is 2.87. The third-order valence-corrected chi connectivity index (χ3v) is 2.81. The summed E-state index contributed by atoms with van der Waals surface area (Å²) < 4.78 is 5.10. The summed E-state index contributed by atoms with van der Waals surface area (Å²) in [6.07, 6.45) is 1.10. The van der Waals surface area contributed by atoms with Gasteiger partial charge in [-0.1, -0.05) is 18.2 Å². The molecule has 0 aliphatic heterocycles. The highest BCUT2D eigenvalue weighted by molar-refractivity contribution is 5.92. The zero-order valence-corrected chi connectivity index (χ0v) is 10.6. The quantitative estimate of drug-likeness (QED) is 0.760. The molecule has 100 valence electrons. The van der Waals surface area contributed by atoms with Crippen LogP contribution in [0.15, 0.2) is 41.0 Å². The van der Waals surface area contributed by atoms with Gasteiger partial charge in [-0.05, 0) is 19.1 Å². The Balaban J connectivity index is 2.03. The third kappa shape index (κ3) is 2.18. The summed E-state index contributed by atoms with van der Waals surface area (Å²) in [5.74, 6) is -1.13. The van der Waals surface area contributed by atoms with Gasteiger partial charge in [0.15, 0.2) is 5.69 Å². The van der Waals surface area contributed by atoms with Crippen molar-refractivity contribution >= 4 is 28.6 Å². The third-order valence-electron chi connectivity index (χ3n) is 2.81. The minimum absolute atomic E-state index is 0.136. The van der Waals surface area contributed by atoms with Gasteiger partial charge in [-0.25, -0.2) is 4.79 Å². The van der Waals surface area contributed by atoms with Crippen molar-refractivity contribution in [2.45, 2.75) is 6.92 Å². The Labute approximate surface area is 114 Å². The number of hydrogen-bond donors (Lipinski definition) is 2. The molecule has 6 heteroatoms. The Bertz CT molecular complexity index is 795. The standard InChI is InChI=1S/C14H11N3O3/c1-8-6-11(9-4-2-3-5-10(9)15-8)16-14-17-12(7-20-14)13(18)19/h2-7H,1H3,(H,18,19)(H,15,16,17). The Hall–Kier alpha value is -2.89. The van der Waals surface area contributed by atoms with Gasteiger partial charge < -0.3 is 14.8 Å². The van der Waals surface area contributed by atoms with E-state index in [1.807, 2.05) is 37.3 Å². The number of aryl methyl sites for hydroxylation is 1. The fourth-order valence-corrected chi connectivity index (χ4v) is 1.96. The summed E-state index contributed by atoms with van der Waals surface area (Å²) in [5, 5.41) is 12.7. The molecule has 3 rings (SSSR count). The first-order chi connectivity index (χ1) is 9.63. The number of nitrogens with zero attached hydrogens (tertiary/aromatic N) is 2. The Kier molecular flexibility index (Phi) is 2.83. The molecule has 0 fully saturated rings. The van der Waals surface area contributed by atoms with Crippen LogP contribution in [0.3, 0.4) is 0 Å². The van der Waals surface area contributed by atoms with E-state index in [9.17, 15) is 4.79 Å². The molecule has 0 bridgehead atoms. The topological polar surface area (TPSA) is 88.2 Å². The number of carboxylic acids is 1. The number of anilines is 2. The second-order valence-electron chi connectivity index (χ2n) is 4.30. The number of rotatable bonds is 3. The summed E-state index contributed by atoms with van der Waals surface area (Å²) in [6, 6.07) is 9.64. The summed E-state index contributed by atoms with van der Waals surface area (Å²) in [6.45, 7) is 1.88. The van der Waals surface area contributed by atoms with Crippen molar-refractivity contribution in [2.75, 3.05) is 5.32 Å². The first kappa shape index (κ1) is 12.2. The van der Waals surface area contributed by atoms with Crippen LogP contribution < -0.4 is 5.32 Å². The molecule has 0 unspecified atom stereocenters. The van der Waals surface area contributed by atoms with Gasteiger partial charge in [0.2, 0.25) is 0 Å². The summed E-state index contributed by atoms with van der Waals surface area (Å²) in [4.78, 5) is 19.0. The van der Waals surface area contributed by atoms with Gasteiger partial charge in [-0.15, -0.1) is 0 Å². The molecule has 0 atom stereocenters. The highest BCUT2D eigenvalue weighted by Crippen LogP contribution is 2.25. The van der Waals surface area contributed by atoms with E-state index in [1.54, 1.807) is 0 Å². The normalized spacial score (nSPS) is 10.7. The molecule has 20 heavy (non-hydrogen) atoms. The largest absolute Gasteiger partial charge is 0.476 e. The maximum Gasteiger partial charge on any atom is 0.357 e. The zero-order chi connectivity index (χ0) is 14.1. The fourth-order valence-electron chi connectivity index (χ4n) is 1.96. The molecular formula is C14H11N3O3. The van der Waals surface area contributed by atoms with Crippen molar-refractivity contribution in [3.8, 4) is 0 Å². The van der Waals surface area contributed by atoms with Crippen molar-refractivity contribution in [1.82, 2.24) is 9.97 Å². The summed E-state index contributed by atoms with van der Waals surface area (Å²) in [7, 11) is 0. The summed E-state index contributed by atoms with van der Waals surface area (Å²) in [5.41, 5.74) is 2.32. The maximum atomic E-state index is 10.8. The second kappa shape index (κ2) is 4.65. The summed E-state index contributed by atoms with van der Waals surface area (Å²) >= 11 is 0. The number of pyridine rings is 1. The van der Waals surface area contributed by atoms with Crippen LogP contribution in [0.5, 0.6) is 0 Å². The molecule has 2 aromatic heterocycles. The van der Waals surface area contributed by atoms with Gasteiger partial charge in [0.25, 0.3) is 6.01 Å². The van der Waals surface area contributed by atoms with E-state index in [4.69, 9.17) is 9.52 Å². The number of hydrogen-bond acceptors (Lipinski definition) is 5. The average molecular weight is 269 g/mol.